The van der Waals surface area contributed by atoms with Gasteiger partial charge < -0.3 is 10.4 Å². The topological polar surface area (TPSA) is 35.5 Å². The Balaban J connectivity index is 1.75. The Hall–Kier alpha value is -1.06. The summed E-state index contributed by atoms with van der Waals surface area (Å²) in [7, 11) is 0. The number of phenolic OH excluding ortho intramolecular Hbond substituents is 1. The normalized spacial score (nSPS) is 26.8. The maximum Gasteiger partial charge on any atom is 0.115 e. The second-order valence-electron chi connectivity index (χ2n) is 6.63. The van der Waals surface area contributed by atoms with Crippen molar-refractivity contribution in [3.63, 3.8) is 0 Å². The van der Waals surface area contributed by atoms with Gasteiger partial charge in [-0.2, -0.15) is 0 Å². The largest absolute Gasteiger partial charge is 0.508 e. The predicted molar refractivity (Wildman–Crippen MR) is 81.8 cm³/mol. The third-order valence-electron chi connectivity index (χ3n) is 5.05. The van der Waals surface area contributed by atoms with Crippen LogP contribution in [0, 0.1) is 0 Å². The van der Waals surface area contributed by atoms with E-state index < -0.39 is 0 Å². The quantitative estimate of drug-likeness (QED) is 0.870. The fourth-order valence-corrected chi connectivity index (χ4v) is 3.82. The minimum atomic E-state index is 0.349. The van der Waals surface area contributed by atoms with Crippen molar-refractivity contribution in [2.45, 2.75) is 57.2 Å². The molecule has 2 aliphatic rings. The molecule has 0 bridgehead atoms. The highest BCUT2D eigenvalue weighted by Crippen LogP contribution is 2.33. The van der Waals surface area contributed by atoms with Gasteiger partial charge in [0.15, 0.2) is 0 Å². The molecule has 1 aromatic rings. The minimum Gasteiger partial charge on any atom is -0.508 e. The third kappa shape index (κ3) is 2.99. The number of benzene rings is 1. The zero-order valence-electron chi connectivity index (χ0n) is 12.4. The Morgan fingerprint density at radius 2 is 2.15 bits per heavy atom. The summed E-state index contributed by atoms with van der Waals surface area (Å²) in [6.45, 7) is 5.55. The van der Waals surface area contributed by atoms with E-state index in [1.165, 1.54) is 37.7 Å². The Morgan fingerprint density at radius 1 is 1.35 bits per heavy atom. The van der Waals surface area contributed by atoms with E-state index in [0.717, 1.165) is 19.6 Å². The van der Waals surface area contributed by atoms with Crippen molar-refractivity contribution >= 4 is 0 Å². The van der Waals surface area contributed by atoms with E-state index in [-0.39, 0.29) is 0 Å². The Morgan fingerprint density at radius 3 is 2.90 bits per heavy atom. The molecule has 3 rings (SSSR count). The van der Waals surface area contributed by atoms with E-state index >= 15 is 0 Å². The van der Waals surface area contributed by atoms with E-state index in [0.29, 0.717) is 17.3 Å². The number of aromatic hydroxyl groups is 1. The van der Waals surface area contributed by atoms with Gasteiger partial charge in [0.2, 0.25) is 0 Å². The zero-order valence-corrected chi connectivity index (χ0v) is 12.4. The Kier molecular flexibility index (Phi) is 3.99. The second-order valence-corrected chi connectivity index (χ2v) is 6.63. The fourth-order valence-electron chi connectivity index (χ4n) is 3.82. The lowest BCUT2D eigenvalue weighted by Gasteiger charge is -2.35. The van der Waals surface area contributed by atoms with Crippen molar-refractivity contribution in [3.05, 3.63) is 29.8 Å². The van der Waals surface area contributed by atoms with Crippen LogP contribution in [0.1, 0.15) is 44.6 Å². The summed E-state index contributed by atoms with van der Waals surface area (Å²) in [4.78, 5) is 2.60. The minimum absolute atomic E-state index is 0.349. The van der Waals surface area contributed by atoms with Crippen LogP contribution in [0.25, 0.3) is 0 Å². The second kappa shape index (κ2) is 5.74. The molecule has 1 heterocycles. The van der Waals surface area contributed by atoms with Crippen LogP contribution < -0.4 is 5.32 Å². The molecular weight excluding hydrogens is 248 g/mol. The molecule has 1 atom stereocenters. The van der Waals surface area contributed by atoms with E-state index in [1.807, 2.05) is 12.1 Å². The van der Waals surface area contributed by atoms with Crippen LogP contribution in [-0.2, 0) is 6.54 Å². The first-order chi connectivity index (χ1) is 9.67. The van der Waals surface area contributed by atoms with Gasteiger partial charge in [-0.1, -0.05) is 25.0 Å². The predicted octanol–water partition coefficient (Wildman–Crippen LogP) is 2.89. The van der Waals surface area contributed by atoms with Crippen molar-refractivity contribution in [1.29, 1.82) is 0 Å². The number of nitrogens with zero attached hydrogens (tertiary/aromatic N) is 1. The SMILES string of the molecule is CC1CCNC2(CCCC2)CN1Cc1cccc(O)c1. The van der Waals surface area contributed by atoms with E-state index in [9.17, 15) is 5.11 Å². The first-order valence-electron chi connectivity index (χ1n) is 7.94. The summed E-state index contributed by atoms with van der Waals surface area (Å²) in [6, 6.07) is 8.30. The smallest absolute Gasteiger partial charge is 0.115 e. The lowest BCUT2D eigenvalue weighted by Crippen LogP contribution is -2.49. The molecule has 1 saturated heterocycles. The van der Waals surface area contributed by atoms with Gasteiger partial charge in [-0.3, -0.25) is 4.90 Å². The summed E-state index contributed by atoms with van der Waals surface area (Å²) in [5.41, 5.74) is 1.56. The number of rotatable bonds is 2. The van der Waals surface area contributed by atoms with Gasteiger partial charge >= 0.3 is 0 Å². The first kappa shape index (κ1) is 13.9. The molecule has 1 saturated carbocycles. The summed E-state index contributed by atoms with van der Waals surface area (Å²) in [6.07, 6.45) is 6.57. The highest BCUT2D eigenvalue weighted by atomic mass is 16.3. The molecule has 2 N–H and O–H groups in total. The molecule has 0 radical (unpaired) electrons. The molecule has 1 spiro atoms. The van der Waals surface area contributed by atoms with Crippen LogP contribution in [0.3, 0.4) is 0 Å². The fraction of sp³-hybridized carbons (Fsp3) is 0.647. The molecule has 0 amide bonds. The molecule has 1 aromatic carbocycles. The first-order valence-corrected chi connectivity index (χ1v) is 7.94. The van der Waals surface area contributed by atoms with Gasteiger partial charge in [0.05, 0.1) is 0 Å². The molecule has 2 fully saturated rings. The van der Waals surface area contributed by atoms with Gasteiger partial charge in [0.25, 0.3) is 0 Å². The monoisotopic (exact) mass is 274 g/mol. The lowest BCUT2D eigenvalue weighted by atomic mass is 9.96. The van der Waals surface area contributed by atoms with Gasteiger partial charge in [-0.25, -0.2) is 0 Å². The van der Waals surface area contributed by atoms with Crippen LogP contribution in [0.2, 0.25) is 0 Å². The maximum absolute atomic E-state index is 9.64. The van der Waals surface area contributed by atoms with Crippen LogP contribution >= 0.6 is 0 Å². The van der Waals surface area contributed by atoms with Crippen LogP contribution in [0.15, 0.2) is 24.3 Å². The average molecular weight is 274 g/mol. The highest BCUT2D eigenvalue weighted by molar-refractivity contribution is 5.27. The molecule has 0 aromatic heterocycles. The number of nitrogens with one attached hydrogen (secondary N) is 1. The molecular formula is C17H26N2O. The summed E-state index contributed by atoms with van der Waals surface area (Å²) in [5, 5.41) is 13.5. The number of hydrogen-bond donors (Lipinski definition) is 2. The van der Waals surface area contributed by atoms with Crippen LogP contribution in [-0.4, -0.2) is 34.7 Å². The molecule has 1 unspecified atom stereocenters. The van der Waals surface area contributed by atoms with E-state index in [2.05, 4.69) is 23.2 Å². The van der Waals surface area contributed by atoms with Gasteiger partial charge in [-0.05, 0) is 50.4 Å². The van der Waals surface area contributed by atoms with E-state index in [4.69, 9.17) is 0 Å². The number of phenols is 1. The summed E-state index contributed by atoms with van der Waals surface area (Å²) >= 11 is 0. The lowest BCUT2D eigenvalue weighted by molar-refractivity contribution is 0.160. The van der Waals surface area contributed by atoms with Crippen molar-refractivity contribution in [2.24, 2.45) is 0 Å². The highest BCUT2D eigenvalue weighted by Gasteiger charge is 2.37. The molecule has 110 valence electrons. The van der Waals surface area contributed by atoms with Gasteiger partial charge in [-0.15, -0.1) is 0 Å². The molecule has 20 heavy (non-hydrogen) atoms. The van der Waals surface area contributed by atoms with Gasteiger partial charge in [0.1, 0.15) is 5.75 Å². The number of hydrogen-bond acceptors (Lipinski definition) is 3. The third-order valence-corrected chi connectivity index (χ3v) is 5.05. The van der Waals surface area contributed by atoms with Gasteiger partial charge in [0, 0.05) is 24.7 Å². The maximum atomic E-state index is 9.64. The standard InChI is InChI=1S/C17H26N2O/c1-14-7-10-18-17(8-2-3-9-17)13-19(14)12-15-5-4-6-16(20)11-15/h4-6,11,14,18,20H,2-3,7-10,12-13H2,1H3. The Bertz CT molecular complexity index is 454. The molecule has 3 heteroatoms. The van der Waals surface area contributed by atoms with Crippen molar-refractivity contribution in [2.75, 3.05) is 13.1 Å². The Labute approximate surface area is 122 Å². The summed E-state index contributed by atoms with van der Waals surface area (Å²) < 4.78 is 0. The van der Waals surface area contributed by atoms with Crippen LogP contribution in [0.5, 0.6) is 5.75 Å². The molecule has 1 aliphatic heterocycles. The van der Waals surface area contributed by atoms with Crippen LogP contribution in [0.4, 0.5) is 0 Å². The zero-order chi connectivity index (χ0) is 14.0. The van der Waals surface area contributed by atoms with Crippen molar-refractivity contribution < 1.29 is 5.11 Å². The average Bonchev–Trinajstić information content (AvgIpc) is 2.80. The van der Waals surface area contributed by atoms with E-state index in [1.54, 1.807) is 6.07 Å². The molecule has 3 nitrogen and oxygen atoms in total. The summed E-state index contributed by atoms with van der Waals surface area (Å²) in [5.74, 6) is 0.374. The van der Waals surface area contributed by atoms with Crippen molar-refractivity contribution in [3.8, 4) is 5.75 Å². The molecule has 1 aliphatic carbocycles. The van der Waals surface area contributed by atoms with Crippen molar-refractivity contribution in [1.82, 2.24) is 10.2 Å².